The van der Waals surface area contributed by atoms with Crippen LogP contribution in [0, 0.1) is 12.3 Å². The van der Waals surface area contributed by atoms with E-state index in [1.54, 1.807) is 0 Å². The van der Waals surface area contributed by atoms with Crippen LogP contribution in [0.15, 0.2) is 29.1 Å². The number of benzene rings is 1. The second kappa shape index (κ2) is 8.35. The lowest BCUT2D eigenvalue weighted by Gasteiger charge is -2.47. The summed E-state index contributed by atoms with van der Waals surface area (Å²) in [6, 6.07) is 7.95. The van der Waals surface area contributed by atoms with Crippen molar-refractivity contribution in [2.45, 2.75) is 84.2 Å². The highest BCUT2D eigenvalue weighted by atomic mass is 16.1. The van der Waals surface area contributed by atoms with E-state index in [1.807, 2.05) is 16.8 Å². The van der Waals surface area contributed by atoms with Crippen molar-refractivity contribution in [2.75, 3.05) is 13.1 Å². The fourth-order valence-corrected chi connectivity index (χ4v) is 6.06. The number of fused-ring (bicyclic) bond motifs is 1. The van der Waals surface area contributed by atoms with E-state index in [-0.39, 0.29) is 17.1 Å². The molecule has 2 aromatic heterocycles. The van der Waals surface area contributed by atoms with Crippen molar-refractivity contribution in [1.82, 2.24) is 30.1 Å². The van der Waals surface area contributed by atoms with Crippen LogP contribution in [0.4, 0.5) is 0 Å². The number of likely N-dealkylation sites (tertiary alicyclic amines) is 1. The molecule has 5 rings (SSSR count). The molecule has 1 saturated carbocycles. The van der Waals surface area contributed by atoms with Crippen molar-refractivity contribution < 1.29 is 0 Å². The normalized spacial score (nSPS) is 20.4. The Morgan fingerprint density at radius 3 is 2.58 bits per heavy atom. The van der Waals surface area contributed by atoms with Gasteiger partial charge in [0.2, 0.25) is 0 Å². The lowest BCUT2D eigenvalue weighted by Crippen LogP contribution is -2.48. The van der Waals surface area contributed by atoms with Gasteiger partial charge in [-0.2, -0.15) is 0 Å². The Labute approximate surface area is 195 Å². The second-order valence-electron chi connectivity index (χ2n) is 11.3. The Hall–Kier alpha value is -2.54. The SMILES string of the molecule is Cc1ccc2[nH]c(=O)c(C(c3nnnn3C(C)(C)C)N3CCCC4(CCCCC4)C3)cc2c1. The first-order valence-corrected chi connectivity index (χ1v) is 12.4. The summed E-state index contributed by atoms with van der Waals surface area (Å²) in [6.07, 6.45) is 8.98. The van der Waals surface area contributed by atoms with Crippen molar-refractivity contribution in [3.63, 3.8) is 0 Å². The molecule has 3 heterocycles. The van der Waals surface area contributed by atoms with Gasteiger partial charge in [0.25, 0.3) is 5.56 Å². The number of piperidine rings is 1. The monoisotopic (exact) mass is 448 g/mol. The molecule has 1 aromatic carbocycles. The minimum atomic E-state index is -0.282. The fraction of sp³-hybridized carbons (Fsp3) is 0.615. The molecule has 1 saturated heterocycles. The van der Waals surface area contributed by atoms with Gasteiger partial charge < -0.3 is 4.98 Å². The van der Waals surface area contributed by atoms with Crippen LogP contribution < -0.4 is 5.56 Å². The van der Waals surface area contributed by atoms with Crippen LogP contribution >= 0.6 is 0 Å². The van der Waals surface area contributed by atoms with Crippen molar-refractivity contribution in [3.05, 3.63) is 51.6 Å². The van der Waals surface area contributed by atoms with Gasteiger partial charge in [0, 0.05) is 17.6 Å². The molecule has 1 atom stereocenters. The van der Waals surface area contributed by atoms with Crippen molar-refractivity contribution in [3.8, 4) is 0 Å². The summed E-state index contributed by atoms with van der Waals surface area (Å²) in [5.41, 5.74) is 2.80. The Morgan fingerprint density at radius 2 is 1.82 bits per heavy atom. The first kappa shape index (κ1) is 22.3. The van der Waals surface area contributed by atoms with Gasteiger partial charge in [0.1, 0.15) is 6.04 Å². The standard InChI is InChI=1S/C26H36N6O/c1-18-9-10-21-19(15-18)16-20(24(33)27-21)22(23-28-29-30-32(23)25(2,3)4)31-14-8-13-26(17-31)11-6-5-7-12-26/h9-10,15-16,22H,5-8,11-14,17H2,1-4H3,(H,27,33). The van der Waals surface area contributed by atoms with Crippen molar-refractivity contribution >= 4 is 10.9 Å². The summed E-state index contributed by atoms with van der Waals surface area (Å²) in [5, 5.41) is 14.0. The molecule has 1 aliphatic carbocycles. The molecule has 176 valence electrons. The molecule has 0 amide bonds. The predicted octanol–water partition coefficient (Wildman–Crippen LogP) is 4.71. The van der Waals surface area contributed by atoms with E-state index >= 15 is 0 Å². The van der Waals surface area contributed by atoms with Crippen LogP contribution in [0.3, 0.4) is 0 Å². The number of H-pyrrole nitrogens is 1. The summed E-state index contributed by atoms with van der Waals surface area (Å²) in [5.74, 6) is 0.757. The Morgan fingerprint density at radius 1 is 1.06 bits per heavy atom. The quantitative estimate of drug-likeness (QED) is 0.627. The van der Waals surface area contributed by atoms with Gasteiger partial charge in [-0.3, -0.25) is 9.69 Å². The number of pyridine rings is 1. The van der Waals surface area contributed by atoms with Crippen LogP contribution in [-0.2, 0) is 5.54 Å². The molecule has 2 aliphatic rings. The Balaban J connectivity index is 1.66. The van der Waals surface area contributed by atoms with Gasteiger partial charge in [-0.15, -0.1) is 5.10 Å². The van der Waals surface area contributed by atoms with Crippen molar-refractivity contribution in [1.29, 1.82) is 0 Å². The maximum atomic E-state index is 13.5. The minimum Gasteiger partial charge on any atom is -0.322 e. The molecule has 7 heteroatoms. The number of aromatic nitrogens is 5. The van der Waals surface area contributed by atoms with E-state index in [2.05, 4.69) is 65.2 Å². The predicted molar refractivity (Wildman–Crippen MR) is 130 cm³/mol. The van der Waals surface area contributed by atoms with Crippen LogP contribution in [0.5, 0.6) is 0 Å². The van der Waals surface area contributed by atoms with Gasteiger partial charge >= 0.3 is 0 Å². The number of aromatic amines is 1. The third-order valence-electron chi connectivity index (χ3n) is 7.67. The topological polar surface area (TPSA) is 79.7 Å². The summed E-state index contributed by atoms with van der Waals surface area (Å²) in [6.45, 7) is 10.4. The van der Waals surface area contributed by atoms with Gasteiger partial charge in [-0.05, 0) is 99.4 Å². The first-order chi connectivity index (χ1) is 15.8. The summed E-state index contributed by atoms with van der Waals surface area (Å²) >= 11 is 0. The molecular weight excluding hydrogens is 412 g/mol. The molecule has 0 radical (unpaired) electrons. The average molecular weight is 449 g/mol. The minimum absolute atomic E-state index is 0.0527. The van der Waals surface area contributed by atoms with Crippen LogP contribution in [-0.4, -0.2) is 43.2 Å². The number of tetrazole rings is 1. The van der Waals surface area contributed by atoms with Crippen LogP contribution in [0.25, 0.3) is 10.9 Å². The van der Waals surface area contributed by atoms with E-state index < -0.39 is 0 Å². The van der Waals surface area contributed by atoms with Gasteiger partial charge in [0.15, 0.2) is 5.82 Å². The number of nitrogens with one attached hydrogen (secondary N) is 1. The van der Waals surface area contributed by atoms with Crippen LogP contribution in [0.2, 0.25) is 0 Å². The molecule has 1 aliphatic heterocycles. The highest BCUT2D eigenvalue weighted by Crippen LogP contribution is 2.45. The smallest absolute Gasteiger partial charge is 0.253 e. The highest BCUT2D eigenvalue weighted by Gasteiger charge is 2.41. The van der Waals surface area contributed by atoms with E-state index in [1.165, 1.54) is 44.1 Å². The second-order valence-corrected chi connectivity index (χ2v) is 11.3. The highest BCUT2D eigenvalue weighted by molar-refractivity contribution is 5.79. The number of hydrogen-bond donors (Lipinski definition) is 1. The zero-order valence-electron chi connectivity index (χ0n) is 20.4. The molecule has 1 unspecified atom stereocenters. The zero-order valence-corrected chi connectivity index (χ0v) is 20.4. The summed E-state index contributed by atoms with van der Waals surface area (Å²) < 4.78 is 1.90. The van der Waals surface area contributed by atoms with Gasteiger partial charge in [-0.1, -0.05) is 30.9 Å². The molecule has 1 N–H and O–H groups in total. The molecule has 7 nitrogen and oxygen atoms in total. The van der Waals surface area contributed by atoms with E-state index in [0.717, 1.165) is 41.8 Å². The number of rotatable bonds is 3. The lowest BCUT2D eigenvalue weighted by molar-refractivity contribution is 0.0329. The maximum absolute atomic E-state index is 13.5. The number of hydrogen-bond acceptors (Lipinski definition) is 5. The van der Waals surface area contributed by atoms with Gasteiger partial charge in [-0.25, -0.2) is 4.68 Å². The zero-order chi connectivity index (χ0) is 23.2. The maximum Gasteiger partial charge on any atom is 0.253 e. The average Bonchev–Trinajstić information content (AvgIpc) is 3.25. The van der Waals surface area contributed by atoms with E-state index in [4.69, 9.17) is 0 Å². The van der Waals surface area contributed by atoms with E-state index in [9.17, 15) is 4.79 Å². The molecule has 3 aromatic rings. The first-order valence-electron chi connectivity index (χ1n) is 12.4. The summed E-state index contributed by atoms with van der Waals surface area (Å²) in [7, 11) is 0. The molecule has 2 fully saturated rings. The fourth-order valence-electron chi connectivity index (χ4n) is 6.06. The molecule has 0 bridgehead atoms. The largest absolute Gasteiger partial charge is 0.322 e. The molecule has 33 heavy (non-hydrogen) atoms. The third kappa shape index (κ3) is 4.23. The molecular formula is C26H36N6O. The van der Waals surface area contributed by atoms with Crippen molar-refractivity contribution in [2.24, 2.45) is 5.41 Å². The number of aryl methyl sites for hydroxylation is 1. The summed E-state index contributed by atoms with van der Waals surface area (Å²) in [4.78, 5) is 19.1. The lowest BCUT2D eigenvalue weighted by atomic mass is 9.69. The van der Waals surface area contributed by atoms with Gasteiger partial charge in [0.05, 0.1) is 5.54 Å². The van der Waals surface area contributed by atoms with Crippen LogP contribution in [0.1, 0.15) is 88.7 Å². The number of nitrogens with zero attached hydrogens (tertiary/aromatic N) is 5. The Kier molecular flexibility index (Phi) is 5.63. The Bertz CT molecular complexity index is 1190. The third-order valence-corrected chi connectivity index (χ3v) is 7.67. The molecule has 1 spiro atoms. The van der Waals surface area contributed by atoms with E-state index in [0.29, 0.717) is 5.41 Å².